The van der Waals surface area contributed by atoms with Crippen LogP contribution < -0.4 is 4.72 Å². The summed E-state index contributed by atoms with van der Waals surface area (Å²) in [5.41, 5.74) is 0.541. The lowest BCUT2D eigenvalue weighted by molar-refractivity contribution is 0.0602. The number of thiophene rings is 1. The fourth-order valence-corrected chi connectivity index (χ4v) is 4.43. The van der Waals surface area contributed by atoms with Gasteiger partial charge < -0.3 is 9.47 Å². The van der Waals surface area contributed by atoms with Crippen LogP contribution in [0.3, 0.4) is 0 Å². The topological polar surface area (TPSA) is 81.7 Å². The van der Waals surface area contributed by atoms with Gasteiger partial charge in [-0.1, -0.05) is 0 Å². The Morgan fingerprint density at radius 1 is 1.35 bits per heavy atom. The van der Waals surface area contributed by atoms with Crippen LogP contribution in [0, 0.1) is 6.92 Å². The van der Waals surface area contributed by atoms with Gasteiger partial charge in [0.25, 0.3) is 0 Å². The summed E-state index contributed by atoms with van der Waals surface area (Å²) in [4.78, 5) is 11.7. The lowest BCUT2D eigenvalue weighted by atomic mass is 10.3. The molecule has 1 aromatic rings. The number of ether oxygens (including phenoxy) is 2. The number of nitrogens with one attached hydrogen (secondary N) is 1. The Morgan fingerprint density at radius 3 is 2.65 bits per heavy atom. The molecule has 0 radical (unpaired) electrons. The standard InChI is InChI=1S/C12H19NO5S2/c1-9-8-19-10(12(14)18-3)11(9)20(15,16)13-6-4-5-7-17-2/h8,13H,4-7H2,1-3H3. The maximum absolute atomic E-state index is 12.2. The molecule has 0 saturated carbocycles. The van der Waals surface area contributed by atoms with E-state index in [0.29, 0.717) is 25.1 Å². The number of methoxy groups -OCH3 is 2. The van der Waals surface area contributed by atoms with E-state index in [4.69, 9.17) is 4.74 Å². The largest absolute Gasteiger partial charge is 0.465 e. The normalized spacial score (nSPS) is 11.6. The van der Waals surface area contributed by atoms with Gasteiger partial charge in [-0.25, -0.2) is 17.9 Å². The van der Waals surface area contributed by atoms with Crippen LogP contribution in [-0.4, -0.2) is 41.8 Å². The summed E-state index contributed by atoms with van der Waals surface area (Å²) in [6.07, 6.45) is 1.44. The molecule has 20 heavy (non-hydrogen) atoms. The predicted octanol–water partition coefficient (Wildman–Crippen LogP) is 1.55. The van der Waals surface area contributed by atoms with Crippen molar-refractivity contribution in [3.05, 3.63) is 15.8 Å². The lowest BCUT2D eigenvalue weighted by Gasteiger charge is -2.08. The van der Waals surface area contributed by atoms with E-state index in [2.05, 4.69) is 9.46 Å². The average molecular weight is 321 g/mol. The summed E-state index contributed by atoms with van der Waals surface area (Å²) in [6.45, 7) is 2.55. The number of sulfonamides is 1. The molecule has 0 unspecified atom stereocenters. The Kier molecular flexibility index (Phi) is 6.60. The number of unbranched alkanes of at least 4 members (excludes halogenated alkanes) is 1. The van der Waals surface area contributed by atoms with Crippen molar-refractivity contribution in [1.29, 1.82) is 0 Å². The number of carbonyl (C=O) groups excluding carboxylic acids is 1. The van der Waals surface area contributed by atoms with E-state index in [1.54, 1.807) is 19.4 Å². The van der Waals surface area contributed by atoms with Crippen molar-refractivity contribution in [2.45, 2.75) is 24.7 Å². The summed E-state index contributed by atoms with van der Waals surface area (Å²) >= 11 is 1.07. The van der Waals surface area contributed by atoms with Gasteiger partial charge in [-0.2, -0.15) is 0 Å². The molecule has 1 aromatic heterocycles. The molecular weight excluding hydrogens is 302 g/mol. The van der Waals surface area contributed by atoms with Crippen LogP contribution in [0.25, 0.3) is 0 Å². The molecule has 0 aromatic carbocycles. The van der Waals surface area contributed by atoms with Gasteiger partial charge in [-0.3, -0.25) is 0 Å². The fourth-order valence-electron chi connectivity index (χ4n) is 1.65. The summed E-state index contributed by atoms with van der Waals surface area (Å²) in [7, 11) is -0.875. The summed E-state index contributed by atoms with van der Waals surface area (Å²) in [5, 5.41) is 1.63. The third-order valence-corrected chi connectivity index (χ3v) is 5.48. The van der Waals surface area contributed by atoms with Gasteiger partial charge in [0.1, 0.15) is 9.77 Å². The van der Waals surface area contributed by atoms with Crippen LogP contribution in [0.4, 0.5) is 0 Å². The zero-order valence-electron chi connectivity index (χ0n) is 11.8. The maximum Gasteiger partial charge on any atom is 0.349 e. The minimum Gasteiger partial charge on any atom is -0.465 e. The highest BCUT2D eigenvalue weighted by atomic mass is 32.2. The molecule has 0 fully saturated rings. The van der Waals surface area contributed by atoms with E-state index in [0.717, 1.165) is 17.8 Å². The SMILES string of the molecule is COCCCCNS(=O)(=O)c1c(C)csc1C(=O)OC. The number of hydrogen-bond donors (Lipinski definition) is 1. The molecule has 0 saturated heterocycles. The highest BCUT2D eigenvalue weighted by Gasteiger charge is 2.26. The first kappa shape index (κ1) is 17.1. The Balaban J connectivity index is 2.82. The molecule has 0 amide bonds. The Bertz CT molecular complexity index is 550. The van der Waals surface area contributed by atoms with Gasteiger partial charge in [0.05, 0.1) is 7.11 Å². The van der Waals surface area contributed by atoms with Crippen molar-refractivity contribution >= 4 is 27.3 Å². The van der Waals surface area contributed by atoms with E-state index in [1.807, 2.05) is 0 Å². The van der Waals surface area contributed by atoms with Gasteiger partial charge in [0, 0.05) is 20.3 Å². The quantitative estimate of drug-likeness (QED) is 0.580. The zero-order chi connectivity index (χ0) is 15.2. The van der Waals surface area contributed by atoms with Crippen LogP contribution in [-0.2, 0) is 19.5 Å². The molecule has 6 nitrogen and oxygen atoms in total. The summed E-state index contributed by atoms with van der Waals surface area (Å²) < 4.78 is 36.5. The van der Waals surface area contributed by atoms with E-state index < -0.39 is 16.0 Å². The second-order valence-electron chi connectivity index (χ2n) is 4.17. The van der Waals surface area contributed by atoms with Gasteiger partial charge in [-0.15, -0.1) is 11.3 Å². The molecule has 114 valence electrons. The van der Waals surface area contributed by atoms with Crippen molar-refractivity contribution in [3.8, 4) is 0 Å². The average Bonchev–Trinajstić information content (AvgIpc) is 2.80. The monoisotopic (exact) mass is 321 g/mol. The first-order chi connectivity index (χ1) is 9.44. The Morgan fingerprint density at radius 2 is 2.05 bits per heavy atom. The first-order valence-corrected chi connectivity index (χ1v) is 8.45. The van der Waals surface area contributed by atoms with Crippen molar-refractivity contribution in [3.63, 3.8) is 0 Å². The molecular formula is C12H19NO5S2. The molecule has 0 aliphatic heterocycles. The fraction of sp³-hybridized carbons (Fsp3) is 0.583. The van der Waals surface area contributed by atoms with Crippen LogP contribution in [0.1, 0.15) is 28.1 Å². The van der Waals surface area contributed by atoms with Crippen molar-refractivity contribution in [2.24, 2.45) is 0 Å². The van der Waals surface area contributed by atoms with Crippen molar-refractivity contribution in [1.82, 2.24) is 4.72 Å². The van der Waals surface area contributed by atoms with Crippen molar-refractivity contribution in [2.75, 3.05) is 27.4 Å². The second kappa shape index (κ2) is 7.72. The molecule has 8 heteroatoms. The van der Waals surface area contributed by atoms with E-state index >= 15 is 0 Å². The summed E-state index contributed by atoms with van der Waals surface area (Å²) in [6, 6.07) is 0. The molecule has 1 N–H and O–H groups in total. The molecule has 0 spiro atoms. The Hall–Kier alpha value is -0.960. The third kappa shape index (κ3) is 4.27. The molecule has 0 atom stereocenters. The van der Waals surface area contributed by atoms with Crippen LogP contribution in [0.2, 0.25) is 0 Å². The number of hydrogen-bond acceptors (Lipinski definition) is 6. The van der Waals surface area contributed by atoms with E-state index in [1.165, 1.54) is 7.11 Å². The maximum atomic E-state index is 12.2. The van der Waals surface area contributed by atoms with Gasteiger partial charge in [0.2, 0.25) is 10.0 Å². The van der Waals surface area contributed by atoms with Gasteiger partial charge >= 0.3 is 5.97 Å². The molecule has 1 heterocycles. The number of esters is 1. The minimum atomic E-state index is -3.70. The highest BCUT2D eigenvalue weighted by molar-refractivity contribution is 7.89. The number of aryl methyl sites for hydroxylation is 1. The van der Waals surface area contributed by atoms with Gasteiger partial charge in [-0.05, 0) is 30.7 Å². The number of carbonyl (C=O) groups is 1. The molecule has 0 bridgehead atoms. The van der Waals surface area contributed by atoms with E-state index in [9.17, 15) is 13.2 Å². The number of rotatable bonds is 8. The van der Waals surface area contributed by atoms with Crippen LogP contribution in [0.5, 0.6) is 0 Å². The second-order valence-corrected chi connectivity index (χ2v) is 6.75. The lowest BCUT2D eigenvalue weighted by Crippen LogP contribution is -2.26. The Labute approximate surface area is 123 Å². The van der Waals surface area contributed by atoms with E-state index in [-0.39, 0.29) is 9.77 Å². The summed E-state index contributed by atoms with van der Waals surface area (Å²) in [5.74, 6) is -0.636. The van der Waals surface area contributed by atoms with Crippen LogP contribution >= 0.6 is 11.3 Å². The van der Waals surface area contributed by atoms with Crippen molar-refractivity contribution < 1.29 is 22.7 Å². The van der Waals surface area contributed by atoms with Gasteiger partial charge in [0.15, 0.2) is 0 Å². The first-order valence-electron chi connectivity index (χ1n) is 6.09. The van der Waals surface area contributed by atoms with Crippen LogP contribution in [0.15, 0.2) is 10.3 Å². The minimum absolute atomic E-state index is 0.0149. The zero-order valence-corrected chi connectivity index (χ0v) is 13.4. The molecule has 0 aliphatic carbocycles. The predicted molar refractivity (Wildman–Crippen MR) is 76.7 cm³/mol. The third-order valence-electron chi connectivity index (χ3n) is 2.62. The smallest absolute Gasteiger partial charge is 0.349 e. The highest BCUT2D eigenvalue weighted by Crippen LogP contribution is 2.27. The molecule has 1 rings (SSSR count). The molecule has 0 aliphatic rings.